The molecule has 0 aliphatic carbocycles. The van der Waals surface area contributed by atoms with Gasteiger partial charge in [0, 0.05) is 18.0 Å². The molecule has 0 saturated heterocycles. The highest BCUT2D eigenvalue weighted by Crippen LogP contribution is 2.37. The first-order valence-corrected chi connectivity index (χ1v) is 15.4. The van der Waals surface area contributed by atoms with E-state index in [0.717, 1.165) is 22.7 Å². The van der Waals surface area contributed by atoms with Gasteiger partial charge in [0.2, 0.25) is 5.78 Å². The number of nitrogens with zero attached hydrogens (tertiary/aromatic N) is 3. The van der Waals surface area contributed by atoms with Crippen molar-refractivity contribution in [3.63, 3.8) is 0 Å². The topological polar surface area (TPSA) is 145 Å². The molecule has 0 spiro atoms. The fourth-order valence-electron chi connectivity index (χ4n) is 5.06. The second-order valence-electron chi connectivity index (χ2n) is 11.3. The number of benzene rings is 4. The van der Waals surface area contributed by atoms with Gasteiger partial charge in [0.05, 0.1) is 22.2 Å². The molecule has 7 aromatic rings. The second-order valence-corrected chi connectivity index (χ2v) is 11.3. The van der Waals surface area contributed by atoms with Crippen molar-refractivity contribution in [3.05, 3.63) is 161 Å². The van der Waals surface area contributed by atoms with Crippen LogP contribution in [0.15, 0.2) is 122 Å². The molecule has 51 heavy (non-hydrogen) atoms. The average molecular weight is 688 g/mol. The summed E-state index contributed by atoms with van der Waals surface area (Å²) in [7, 11) is 0. The van der Waals surface area contributed by atoms with E-state index in [0.29, 0.717) is 34.6 Å². The lowest BCUT2D eigenvalue weighted by atomic mass is 10.0. The Balaban J connectivity index is 0.000000166. The van der Waals surface area contributed by atoms with Crippen molar-refractivity contribution in [2.75, 3.05) is 0 Å². The van der Waals surface area contributed by atoms with E-state index in [1.54, 1.807) is 71.4 Å². The number of hydrogen-bond acceptors (Lipinski definition) is 8. The van der Waals surface area contributed by atoms with Crippen LogP contribution in [0.2, 0.25) is 0 Å². The molecule has 3 aromatic heterocycles. The quantitative estimate of drug-likeness (QED) is 0.105. The minimum absolute atomic E-state index is 0.00402. The van der Waals surface area contributed by atoms with Gasteiger partial charge in [-0.05, 0) is 97.8 Å². The number of phenols is 4. The maximum atomic E-state index is 13.8. The number of rotatable bonds is 5. The van der Waals surface area contributed by atoms with E-state index >= 15 is 0 Å². The third-order valence-corrected chi connectivity index (χ3v) is 7.62. The van der Waals surface area contributed by atoms with Gasteiger partial charge < -0.3 is 20.4 Å². The number of aromatic hydroxyl groups is 4. The summed E-state index contributed by atoms with van der Waals surface area (Å²) in [5.41, 5.74) is 4.63. The van der Waals surface area contributed by atoms with Crippen LogP contribution in [0, 0.1) is 25.5 Å². The monoisotopic (exact) mass is 687 g/mol. The number of phenolic OH excluding ortho intramolecular Hbond substituents is 4. The van der Waals surface area contributed by atoms with Gasteiger partial charge in [-0.1, -0.05) is 36.4 Å². The number of aryl methyl sites for hydroxylation is 2. The molecule has 3 heterocycles. The third-order valence-electron chi connectivity index (χ3n) is 7.62. The Morgan fingerprint density at radius 1 is 0.706 bits per heavy atom. The lowest BCUT2D eigenvalue weighted by Gasteiger charge is -2.04. The fourth-order valence-corrected chi connectivity index (χ4v) is 5.06. The van der Waals surface area contributed by atoms with Gasteiger partial charge in [-0.25, -0.2) is 13.8 Å². The van der Waals surface area contributed by atoms with Crippen LogP contribution in [0.25, 0.3) is 28.2 Å². The van der Waals surface area contributed by atoms with Crippen LogP contribution in [-0.4, -0.2) is 46.9 Å². The smallest absolute Gasteiger partial charge is 0.215 e. The Morgan fingerprint density at radius 3 is 2.02 bits per heavy atom. The zero-order valence-corrected chi connectivity index (χ0v) is 27.3. The Labute approximate surface area is 291 Å². The molecule has 0 radical (unpaired) electrons. The molecule has 11 heteroatoms. The number of ketones is 1. The molecule has 0 unspecified atom stereocenters. The van der Waals surface area contributed by atoms with Crippen molar-refractivity contribution in [1.29, 1.82) is 0 Å². The van der Waals surface area contributed by atoms with Gasteiger partial charge >= 0.3 is 0 Å². The maximum absolute atomic E-state index is 13.8. The molecule has 0 amide bonds. The number of carbonyl (C=O) groups is 2. The number of halogens is 2. The Morgan fingerprint density at radius 2 is 1.37 bits per heavy atom. The highest BCUT2D eigenvalue weighted by atomic mass is 19.1. The molecule has 0 saturated carbocycles. The van der Waals surface area contributed by atoms with E-state index < -0.39 is 23.1 Å². The van der Waals surface area contributed by atoms with Crippen molar-refractivity contribution < 1.29 is 38.8 Å². The summed E-state index contributed by atoms with van der Waals surface area (Å²) in [4.78, 5) is 30.6. The van der Waals surface area contributed by atoms with Crippen molar-refractivity contribution in [2.24, 2.45) is 0 Å². The van der Waals surface area contributed by atoms with Crippen molar-refractivity contribution in [1.82, 2.24) is 14.4 Å². The number of aromatic nitrogens is 3. The van der Waals surface area contributed by atoms with Crippen LogP contribution in [-0.2, 0) is 0 Å². The first-order chi connectivity index (χ1) is 24.5. The third kappa shape index (κ3) is 7.89. The average Bonchev–Trinajstić information content (AvgIpc) is 3.50. The van der Waals surface area contributed by atoms with E-state index in [4.69, 9.17) is 5.11 Å². The highest BCUT2D eigenvalue weighted by Gasteiger charge is 2.20. The predicted octanol–water partition coefficient (Wildman–Crippen LogP) is 8.20. The highest BCUT2D eigenvalue weighted by molar-refractivity contribution is 6.09. The SMILES string of the molecule is Cc1ccc(-c2nc(-c3cccc(F)c3O)n3ccccc23)c(O)c1.Cc1ccc(C(=O)c2ccccn2)c(O)c1.O=Cc1cccc(F)c1O. The lowest BCUT2D eigenvalue weighted by Crippen LogP contribution is -2.03. The van der Waals surface area contributed by atoms with Crippen LogP contribution >= 0.6 is 0 Å². The van der Waals surface area contributed by atoms with Gasteiger partial charge in [-0.2, -0.15) is 0 Å². The normalized spacial score (nSPS) is 10.4. The minimum Gasteiger partial charge on any atom is -0.507 e. The summed E-state index contributed by atoms with van der Waals surface area (Å²) >= 11 is 0. The minimum atomic E-state index is -0.774. The van der Waals surface area contributed by atoms with Crippen molar-refractivity contribution in [2.45, 2.75) is 13.8 Å². The summed E-state index contributed by atoms with van der Waals surface area (Å²) in [5, 5.41) is 38.9. The largest absolute Gasteiger partial charge is 0.507 e. The number of para-hydroxylation sites is 2. The molecule has 4 N–H and O–H groups in total. The van der Waals surface area contributed by atoms with E-state index in [2.05, 4.69) is 9.97 Å². The lowest BCUT2D eigenvalue weighted by molar-refractivity contribution is 0.103. The Hall–Kier alpha value is -6.88. The Kier molecular flexibility index (Phi) is 10.8. The van der Waals surface area contributed by atoms with Gasteiger partial charge in [0.1, 0.15) is 28.7 Å². The standard InChI is InChI=1S/C20H15FN2O2.C13H11NO2.C7H5FO2/c1-12-8-9-13(17(24)11-12)18-16-7-2-3-10-23(16)20(22-18)14-5-4-6-15(21)19(14)25;1-9-5-6-10(12(15)8-9)13(16)11-4-2-3-7-14-11;8-6-3-1-2-5(4-9)7(6)10/h2-11,24-25H,1H3;2-8,15H,1H3;1-4,10H. The van der Waals surface area contributed by atoms with E-state index in [9.17, 15) is 33.7 Å². The molecule has 0 atom stereocenters. The van der Waals surface area contributed by atoms with Gasteiger partial charge in [-0.15, -0.1) is 0 Å². The Bertz CT molecular complexity index is 2360. The zero-order chi connectivity index (χ0) is 36.7. The second kappa shape index (κ2) is 15.6. The molecule has 9 nitrogen and oxygen atoms in total. The summed E-state index contributed by atoms with van der Waals surface area (Å²) in [6, 6.07) is 29.1. The number of imidazole rings is 1. The maximum Gasteiger partial charge on any atom is 0.215 e. The van der Waals surface area contributed by atoms with Gasteiger partial charge in [0.15, 0.2) is 29.4 Å². The molecule has 7 rings (SSSR count). The van der Waals surface area contributed by atoms with E-state index in [1.807, 2.05) is 38.1 Å². The first kappa shape index (κ1) is 35.4. The number of fused-ring (bicyclic) bond motifs is 1. The molecule has 0 bridgehead atoms. The zero-order valence-electron chi connectivity index (χ0n) is 27.3. The van der Waals surface area contributed by atoms with E-state index in [-0.39, 0.29) is 28.4 Å². The summed E-state index contributed by atoms with van der Waals surface area (Å²) in [5.74, 6) is -2.25. The number of hydrogen-bond donors (Lipinski definition) is 4. The van der Waals surface area contributed by atoms with Crippen molar-refractivity contribution in [3.8, 4) is 45.6 Å². The number of carbonyl (C=O) groups excluding carboxylic acids is 2. The predicted molar refractivity (Wildman–Crippen MR) is 188 cm³/mol. The summed E-state index contributed by atoms with van der Waals surface area (Å²) < 4.78 is 27.9. The van der Waals surface area contributed by atoms with Crippen molar-refractivity contribution >= 4 is 17.6 Å². The molecular weight excluding hydrogens is 656 g/mol. The summed E-state index contributed by atoms with van der Waals surface area (Å²) in [6.45, 7) is 3.75. The fraction of sp³-hybridized carbons (Fsp3) is 0.0500. The summed E-state index contributed by atoms with van der Waals surface area (Å²) in [6.07, 6.45) is 3.74. The van der Waals surface area contributed by atoms with Gasteiger partial charge in [0.25, 0.3) is 0 Å². The van der Waals surface area contributed by atoms with Crippen LogP contribution in [0.5, 0.6) is 23.0 Å². The molecule has 0 fully saturated rings. The molecule has 0 aliphatic heterocycles. The first-order valence-electron chi connectivity index (χ1n) is 15.4. The molecule has 0 aliphatic rings. The molecule has 256 valence electrons. The van der Waals surface area contributed by atoms with Crippen LogP contribution in [0.4, 0.5) is 8.78 Å². The number of pyridine rings is 2. The van der Waals surface area contributed by atoms with Crippen LogP contribution in [0.1, 0.15) is 37.5 Å². The van der Waals surface area contributed by atoms with E-state index in [1.165, 1.54) is 24.3 Å². The molecule has 4 aromatic carbocycles. The van der Waals surface area contributed by atoms with Gasteiger partial charge in [-0.3, -0.25) is 19.0 Å². The molecular formula is C40H31F2N3O6. The van der Waals surface area contributed by atoms with Crippen LogP contribution < -0.4 is 0 Å². The number of aldehydes is 1. The van der Waals surface area contributed by atoms with Crippen LogP contribution in [0.3, 0.4) is 0 Å².